The number of esters is 1. The minimum atomic E-state index is -4.55. The van der Waals surface area contributed by atoms with Crippen LogP contribution in [0.15, 0.2) is 59.7 Å². The van der Waals surface area contributed by atoms with Gasteiger partial charge in [-0.3, -0.25) is 9.48 Å². The first-order valence-corrected chi connectivity index (χ1v) is 10.2. The molecule has 2 heterocycles. The summed E-state index contributed by atoms with van der Waals surface area (Å²) in [7, 11) is 1.47. The number of nitrogens with zero attached hydrogens (tertiary/aromatic N) is 6. The van der Waals surface area contributed by atoms with E-state index in [1.807, 2.05) is 6.07 Å². The van der Waals surface area contributed by atoms with Crippen LogP contribution in [0.3, 0.4) is 0 Å². The summed E-state index contributed by atoms with van der Waals surface area (Å²) in [4.78, 5) is 30.4. The molecule has 0 spiro atoms. The summed E-state index contributed by atoms with van der Waals surface area (Å²) in [5.41, 5.74) is -0.950. The Bertz CT molecular complexity index is 1490. The second-order valence-electron chi connectivity index (χ2n) is 7.28. The number of hydrogen-bond donors (Lipinski definition) is 0. The van der Waals surface area contributed by atoms with Gasteiger partial charge in [0.05, 0.1) is 35.2 Å². The highest BCUT2D eigenvalue weighted by molar-refractivity contribution is 5.95. The highest BCUT2D eigenvalue weighted by Crippen LogP contribution is 2.30. The van der Waals surface area contributed by atoms with Crippen molar-refractivity contribution in [2.75, 3.05) is 6.61 Å². The number of hydrogen-bond acceptors (Lipinski definition) is 6. The van der Waals surface area contributed by atoms with E-state index in [1.54, 1.807) is 31.2 Å². The maximum atomic E-state index is 13.4. The first kappa shape index (κ1) is 23.5. The first-order chi connectivity index (χ1) is 16.7. The highest BCUT2D eigenvalue weighted by atomic mass is 19.4. The average molecular weight is 482 g/mol. The summed E-state index contributed by atoms with van der Waals surface area (Å²) in [5, 5.41) is 13.2. The van der Waals surface area contributed by atoms with Gasteiger partial charge in [0.15, 0.2) is 11.4 Å². The molecule has 0 atom stereocenters. The maximum absolute atomic E-state index is 13.4. The molecule has 0 radical (unpaired) electrons. The molecule has 35 heavy (non-hydrogen) atoms. The van der Waals surface area contributed by atoms with E-state index in [9.17, 15) is 22.8 Å². The van der Waals surface area contributed by atoms with Crippen LogP contribution in [0.2, 0.25) is 0 Å². The molecule has 0 bridgehead atoms. The smallest absolute Gasteiger partial charge is 0.416 e. The minimum absolute atomic E-state index is 0.00476. The van der Waals surface area contributed by atoms with Crippen molar-refractivity contribution in [3.05, 3.63) is 81.9 Å². The number of carbonyl (C=O) groups is 1. The summed E-state index contributed by atoms with van der Waals surface area (Å²) < 4.78 is 47.8. The number of benzene rings is 2. The van der Waals surface area contributed by atoms with Gasteiger partial charge < -0.3 is 4.74 Å². The Balaban J connectivity index is 1.94. The van der Waals surface area contributed by atoms with Crippen molar-refractivity contribution in [1.29, 1.82) is 5.26 Å². The number of alkyl halides is 3. The van der Waals surface area contributed by atoms with Crippen LogP contribution in [0.4, 0.5) is 13.2 Å². The fraction of sp³-hybridized carbons (Fsp3) is 0.174. The average Bonchev–Trinajstić information content (AvgIpc) is 3.40. The lowest BCUT2D eigenvalue weighted by Crippen LogP contribution is -2.23. The van der Waals surface area contributed by atoms with Gasteiger partial charge in [-0.25, -0.2) is 19.1 Å². The predicted octanol–water partition coefficient (Wildman–Crippen LogP) is 3.49. The Hall–Kier alpha value is -4.66. The Labute approximate surface area is 196 Å². The molecule has 2 aromatic heterocycles. The van der Waals surface area contributed by atoms with E-state index in [1.165, 1.54) is 22.7 Å². The van der Waals surface area contributed by atoms with Gasteiger partial charge in [-0.15, -0.1) is 0 Å². The van der Waals surface area contributed by atoms with Gasteiger partial charge in [0.25, 0.3) is 5.56 Å². The second kappa shape index (κ2) is 8.94. The van der Waals surface area contributed by atoms with Crippen LogP contribution < -0.4 is 5.56 Å². The van der Waals surface area contributed by atoms with Crippen molar-refractivity contribution < 1.29 is 22.7 Å². The van der Waals surface area contributed by atoms with Crippen molar-refractivity contribution in [1.82, 2.24) is 24.1 Å². The van der Waals surface area contributed by atoms with Gasteiger partial charge >= 0.3 is 12.1 Å². The SMILES string of the molecule is CCOC(=O)c1c(-c2ncnn2-c2ccc(C#N)cc2)n(C)n(-c2ccc(C(F)(F)F)cc2)c1=O. The minimum Gasteiger partial charge on any atom is -0.462 e. The van der Waals surface area contributed by atoms with Crippen molar-refractivity contribution in [3.8, 4) is 29.0 Å². The lowest BCUT2D eigenvalue weighted by molar-refractivity contribution is -0.137. The van der Waals surface area contributed by atoms with Gasteiger partial charge in [0.2, 0.25) is 0 Å². The number of aromatic nitrogens is 5. The molecule has 9 nitrogen and oxygen atoms in total. The number of nitriles is 1. The van der Waals surface area contributed by atoms with Gasteiger partial charge in [0, 0.05) is 7.05 Å². The Kier molecular flexibility index (Phi) is 6.00. The van der Waals surface area contributed by atoms with Crippen molar-refractivity contribution in [2.45, 2.75) is 13.1 Å². The van der Waals surface area contributed by atoms with Crippen LogP contribution in [-0.2, 0) is 18.0 Å². The fourth-order valence-corrected chi connectivity index (χ4v) is 3.60. The fourth-order valence-electron chi connectivity index (χ4n) is 3.60. The molecular weight excluding hydrogens is 465 g/mol. The number of rotatable bonds is 5. The zero-order valence-electron chi connectivity index (χ0n) is 18.4. The van der Waals surface area contributed by atoms with Gasteiger partial charge in [-0.2, -0.15) is 23.5 Å². The van der Waals surface area contributed by atoms with E-state index in [2.05, 4.69) is 10.1 Å². The van der Waals surface area contributed by atoms with E-state index in [0.717, 1.165) is 28.9 Å². The van der Waals surface area contributed by atoms with Gasteiger partial charge in [-0.05, 0) is 55.5 Å². The topological polar surface area (TPSA) is 108 Å². The number of carbonyl (C=O) groups excluding carboxylic acids is 1. The van der Waals surface area contributed by atoms with Crippen molar-refractivity contribution in [2.24, 2.45) is 7.05 Å². The third-order valence-corrected chi connectivity index (χ3v) is 5.19. The third-order valence-electron chi connectivity index (χ3n) is 5.19. The summed E-state index contributed by atoms with van der Waals surface area (Å²) >= 11 is 0. The quantitative estimate of drug-likeness (QED) is 0.403. The highest BCUT2D eigenvalue weighted by Gasteiger charge is 2.32. The van der Waals surface area contributed by atoms with E-state index in [-0.39, 0.29) is 29.4 Å². The lowest BCUT2D eigenvalue weighted by Gasteiger charge is -2.12. The van der Waals surface area contributed by atoms with E-state index in [4.69, 9.17) is 10.00 Å². The largest absolute Gasteiger partial charge is 0.462 e. The molecule has 0 N–H and O–H groups in total. The molecule has 0 aliphatic heterocycles. The second-order valence-corrected chi connectivity index (χ2v) is 7.28. The molecule has 4 aromatic rings. The zero-order chi connectivity index (χ0) is 25.3. The number of halogens is 3. The Morgan fingerprint density at radius 3 is 2.29 bits per heavy atom. The summed E-state index contributed by atoms with van der Waals surface area (Å²) in [5.74, 6) is -0.800. The lowest BCUT2D eigenvalue weighted by atomic mass is 10.2. The summed E-state index contributed by atoms with van der Waals surface area (Å²) in [6.45, 7) is 1.57. The summed E-state index contributed by atoms with van der Waals surface area (Å²) in [6.07, 6.45) is -3.32. The van der Waals surface area contributed by atoms with E-state index >= 15 is 0 Å². The molecule has 0 saturated heterocycles. The third kappa shape index (κ3) is 4.19. The standard InChI is InChI=1S/C23H17F3N6O3/c1-3-35-22(34)18-19(20-28-13-29-31(20)16-8-4-14(12-27)5-9-16)30(2)32(21(18)33)17-10-6-15(7-11-17)23(24,25)26/h4-11,13H,3H2,1-2H3. The normalized spacial score (nSPS) is 11.3. The van der Waals surface area contributed by atoms with Crippen molar-refractivity contribution in [3.63, 3.8) is 0 Å². The Morgan fingerprint density at radius 2 is 1.71 bits per heavy atom. The van der Waals surface area contributed by atoms with Crippen LogP contribution in [0, 0.1) is 11.3 Å². The molecule has 0 amide bonds. The predicted molar refractivity (Wildman–Crippen MR) is 117 cm³/mol. The van der Waals surface area contributed by atoms with Crippen LogP contribution in [-0.4, -0.2) is 36.7 Å². The monoisotopic (exact) mass is 482 g/mol. The van der Waals surface area contributed by atoms with E-state index in [0.29, 0.717) is 11.3 Å². The first-order valence-electron chi connectivity index (χ1n) is 10.2. The van der Waals surface area contributed by atoms with Gasteiger partial charge in [-0.1, -0.05) is 0 Å². The van der Waals surface area contributed by atoms with Crippen LogP contribution >= 0.6 is 0 Å². The maximum Gasteiger partial charge on any atom is 0.416 e. The molecule has 12 heteroatoms. The molecule has 178 valence electrons. The molecule has 0 aliphatic carbocycles. The molecule has 0 fully saturated rings. The molecular formula is C23H17F3N6O3. The molecule has 0 saturated carbocycles. The van der Waals surface area contributed by atoms with Crippen LogP contribution in [0.1, 0.15) is 28.4 Å². The molecule has 2 aromatic carbocycles. The Morgan fingerprint density at radius 1 is 1.09 bits per heavy atom. The van der Waals surface area contributed by atoms with Crippen LogP contribution in [0.25, 0.3) is 22.9 Å². The molecule has 0 aliphatic rings. The molecule has 4 rings (SSSR count). The van der Waals surface area contributed by atoms with Crippen molar-refractivity contribution >= 4 is 5.97 Å². The molecule has 0 unspecified atom stereocenters. The van der Waals surface area contributed by atoms with Gasteiger partial charge in [0.1, 0.15) is 12.0 Å². The number of ether oxygens (including phenoxy) is 1. The van der Waals surface area contributed by atoms with E-state index < -0.39 is 23.3 Å². The summed E-state index contributed by atoms with van der Waals surface area (Å²) in [6, 6.07) is 12.3. The van der Waals surface area contributed by atoms with Crippen LogP contribution in [0.5, 0.6) is 0 Å². The zero-order valence-corrected chi connectivity index (χ0v) is 18.4.